The summed E-state index contributed by atoms with van der Waals surface area (Å²) in [6, 6.07) is 5.88. The Kier molecular flexibility index (Phi) is 8.35. The molecule has 1 saturated carbocycles. The zero-order valence-corrected chi connectivity index (χ0v) is 20.8. The number of alkyl carbamates (subject to hydrolysis) is 1. The van der Waals surface area contributed by atoms with Crippen molar-refractivity contribution in [2.24, 2.45) is 0 Å². The van der Waals surface area contributed by atoms with Crippen LogP contribution in [-0.4, -0.2) is 77.2 Å². The molecule has 1 saturated heterocycles. The Bertz CT molecular complexity index is 1000. The normalized spacial score (nSPS) is 18.7. The van der Waals surface area contributed by atoms with Crippen LogP contribution in [-0.2, 0) is 27.2 Å². The van der Waals surface area contributed by atoms with Gasteiger partial charge in [0, 0.05) is 44.0 Å². The molecular formula is C25H36N6O4. The Morgan fingerprint density at radius 3 is 2.83 bits per heavy atom. The zero-order valence-electron chi connectivity index (χ0n) is 20.8. The fraction of sp³-hybridized carbons (Fsp3) is 0.600. The molecule has 2 amide bonds. The van der Waals surface area contributed by atoms with Crippen LogP contribution in [0.4, 0.5) is 4.79 Å². The van der Waals surface area contributed by atoms with Gasteiger partial charge in [0.25, 0.3) is 5.91 Å². The van der Waals surface area contributed by atoms with Crippen molar-refractivity contribution in [3.05, 3.63) is 35.7 Å². The smallest absolute Gasteiger partial charge is 0.406 e. The summed E-state index contributed by atoms with van der Waals surface area (Å²) in [4.78, 5) is 31.5. The highest BCUT2D eigenvalue weighted by Gasteiger charge is 2.41. The maximum atomic E-state index is 13.5. The molecule has 10 heteroatoms. The second kappa shape index (κ2) is 11.6. The van der Waals surface area contributed by atoms with Crippen molar-refractivity contribution in [3.8, 4) is 11.4 Å². The summed E-state index contributed by atoms with van der Waals surface area (Å²) in [6.07, 6.45) is 4.33. The van der Waals surface area contributed by atoms with Gasteiger partial charge < -0.3 is 25.0 Å². The molecule has 2 atom stereocenters. The number of methoxy groups -OCH3 is 1. The number of morpholine rings is 1. The summed E-state index contributed by atoms with van der Waals surface area (Å²) in [5.41, 5.74) is 3.81. The Morgan fingerprint density at radius 1 is 1.37 bits per heavy atom. The van der Waals surface area contributed by atoms with Crippen LogP contribution in [0.3, 0.4) is 0 Å². The van der Waals surface area contributed by atoms with Crippen LogP contribution in [0, 0.1) is 0 Å². The highest BCUT2D eigenvalue weighted by molar-refractivity contribution is 5.82. The van der Waals surface area contributed by atoms with E-state index in [2.05, 4.69) is 34.2 Å². The fourth-order valence-electron chi connectivity index (χ4n) is 4.71. The first-order valence-corrected chi connectivity index (χ1v) is 12.5. The molecule has 2 N–H and O–H groups in total. The minimum absolute atomic E-state index is 0.0328. The number of carbonyl (C=O) groups is 2. The van der Waals surface area contributed by atoms with Crippen LogP contribution in [0.2, 0.25) is 0 Å². The Hall–Kier alpha value is -2.98. The van der Waals surface area contributed by atoms with E-state index < -0.39 is 12.2 Å². The maximum Gasteiger partial charge on any atom is 0.406 e. The van der Waals surface area contributed by atoms with Crippen molar-refractivity contribution in [2.75, 3.05) is 33.4 Å². The van der Waals surface area contributed by atoms with Crippen LogP contribution >= 0.6 is 0 Å². The van der Waals surface area contributed by atoms with Crippen molar-refractivity contribution in [1.82, 2.24) is 30.3 Å². The highest BCUT2D eigenvalue weighted by atomic mass is 16.5. The molecular weight excluding hydrogens is 448 g/mol. The van der Waals surface area contributed by atoms with E-state index in [1.165, 1.54) is 7.11 Å². The Labute approximate surface area is 206 Å². The van der Waals surface area contributed by atoms with Crippen molar-refractivity contribution in [3.63, 3.8) is 0 Å². The van der Waals surface area contributed by atoms with Gasteiger partial charge in [0.05, 0.1) is 36.8 Å². The molecule has 0 radical (unpaired) electrons. The molecule has 1 aliphatic carbocycles. The number of ether oxygens (including phenoxy) is 2. The molecule has 2 fully saturated rings. The minimum Gasteiger partial charge on any atom is -0.453 e. The molecule has 0 unspecified atom stereocenters. The van der Waals surface area contributed by atoms with Gasteiger partial charge in [0.1, 0.15) is 6.10 Å². The number of aryl methyl sites for hydroxylation is 1. The lowest BCUT2D eigenvalue weighted by atomic mass is 10.0. The van der Waals surface area contributed by atoms with Crippen molar-refractivity contribution >= 4 is 12.0 Å². The first-order chi connectivity index (χ1) is 17.0. The van der Waals surface area contributed by atoms with Crippen molar-refractivity contribution < 1.29 is 19.1 Å². The molecule has 190 valence electrons. The Morgan fingerprint density at radius 2 is 2.20 bits per heavy atom. The number of carbonyl (C=O) groups excluding carboxylic acids is 2. The van der Waals surface area contributed by atoms with E-state index in [0.29, 0.717) is 32.7 Å². The van der Waals surface area contributed by atoms with Crippen LogP contribution < -0.4 is 10.6 Å². The average molecular weight is 485 g/mol. The van der Waals surface area contributed by atoms with Crippen LogP contribution in [0.25, 0.3) is 11.4 Å². The molecule has 0 aromatic carbocycles. The molecule has 35 heavy (non-hydrogen) atoms. The number of nitrogens with zero attached hydrogens (tertiary/aromatic N) is 4. The minimum atomic E-state index is -0.460. The molecule has 0 spiro atoms. The third-order valence-electron chi connectivity index (χ3n) is 6.55. The Balaban J connectivity index is 1.64. The number of amides is 2. The predicted octanol–water partition coefficient (Wildman–Crippen LogP) is 2.29. The standard InChI is InChI=1S/C25H36N6O4/c1-4-19-22(17(2)31(18-9-10-18)24(32)21-16-26-13-15-35-21)29-30(14-7-12-28-25(33)34-3)23(19)20-8-5-6-11-27-20/h5-6,8,11,17-18,21,26H,4,7,9-10,12-16H2,1-3H3,(H,28,33)/t17-,21-/m1/s1. The highest BCUT2D eigenvalue weighted by Crippen LogP contribution is 2.38. The van der Waals surface area contributed by atoms with E-state index in [1.807, 2.05) is 27.8 Å². The molecule has 1 aliphatic heterocycles. The maximum absolute atomic E-state index is 13.5. The summed E-state index contributed by atoms with van der Waals surface area (Å²) in [5, 5.41) is 11.0. The van der Waals surface area contributed by atoms with Gasteiger partial charge in [0.15, 0.2) is 0 Å². The number of hydrogen-bond acceptors (Lipinski definition) is 7. The number of rotatable bonds is 10. The lowest BCUT2D eigenvalue weighted by Crippen LogP contribution is -2.50. The quantitative estimate of drug-likeness (QED) is 0.498. The monoisotopic (exact) mass is 484 g/mol. The lowest BCUT2D eigenvalue weighted by molar-refractivity contribution is -0.148. The lowest BCUT2D eigenvalue weighted by Gasteiger charge is -2.33. The largest absolute Gasteiger partial charge is 0.453 e. The number of pyridine rings is 1. The van der Waals surface area contributed by atoms with E-state index >= 15 is 0 Å². The second-order valence-corrected chi connectivity index (χ2v) is 8.99. The first-order valence-electron chi connectivity index (χ1n) is 12.5. The van der Waals surface area contributed by atoms with Crippen molar-refractivity contribution in [1.29, 1.82) is 0 Å². The fourth-order valence-corrected chi connectivity index (χ4v) is 4.71. The van der Waals surface area contributed by atoms with Crippen LogP contribution in [0.1, 0.15) is 50.4 Å². The third kappa shape index (κ3) is 5.82. The third-order valence-corrected chi connectivity index (χ3v) is 6.55. The molecule has 10 nitrogen and oxygen atoms in total. The van der Waals surface area contributed by atoms with Gasteiger partial charge in [-0.1, -0.05) is 13.0 Å². The number of aromatic nitrogens is 3. The molecule has 2 aromatic heterocycles. The van der Waals surface area contributed by atoms with Gasteiger partial charge in [-0.3, -0.25) is 14.5 Å². The zero-order chi connectivity index (χ0) is 24.8. The van der Waals surface area contributed by atoms with Gasteiger partial charge in [-0.15, -0.1) is 0 Å². The topological polar surface area (TPSA) is 111 Å². The summed E-state index contributed by atoms with van der Waals surface area (Å²) in [5.74, 6) is 0.0328. The molecule has 3 heterocycles. The van der Waals surface area contributed by atoms with E-state index in [0.717, 1.165) is 48.5 Å². The second-order valence-electron chi connectivity index (χ2n) is 8.99. The van der Waals surface area contributed by atoms with Gasteiger partial charge in [0.2, 0.25) is 0 Å². The van der Waals surface area contributed by atoms with Gasteiger partial charge in [-0.25, -0.2) is 4.79 Å². The SMILES string of the molecule is CCc1c([C@@H](C)N(C(=O)[C@H]2CNCCO2)C2CC2)nn(CCCNC(=O)OC)c1-c1ccccn1. The molecule has 2 aliphatic rings. The molecule has 4 rings (SSSR count). The van der Waals surface area contributed by atoms with Gasteiger partial charge in [-0.05, 0) is 44.7 Å². The van der Waals surface area contributed by atoms with Crippen LogP contribution in [0.5, 0.6) is 0 Å². The summed E-state index contributed by atoms with van der Waals surface area (Å²) in [6.45, 7) is 7.10. The van der Waals surface area contributed by atoms with Gasteiger partial charge >= 0.3 is 6.09 Å². The van der Waals surface area contributed by atoms with Gasteiger partial charge in [-0.2, -0.15) is 5.10 Å². The molecule has 2 aromatic rings. The summed E-state index contributed by atoms with van der Waals surface area (Å²) in [7, 11) is 1.35. The van der Waals surface area contributed by atoms with E-state index in [9.17, 15) is 9.59 Å². The van der Waals surface area contributed by atoms with E-state index in [4.69, 9.17) is 9.84 Å². The van der Waals surface area contributed by atoms with Crippen molar-refractivity contribution in [2.45, 2.75) is 64.3 Å². The number of nitrogens with one attached hydrogen (secondary N) is 2. The summed E-state index contributed by atoms with van der Waals surface area (Å²) >= 11 is 0. The van der Waals surface area contributed by atoms with E-state index in [-0.39, 0.29) is 18.0 Å². The first kappa shape index (κ1) is 25.1. The molecule has 0 bridgehead atoms. The average Bonchev–Trinajstić information content (AvgIpc) is 3.66. The predicted molar refractivity (Wildman–Crippen MR) is 131 cm³/mol. The number of hydrogen-bond donors (Lipinski definition) is 2. The van der Waals surface area contributed by atoms with Crippen LogP contribution in [0.15, 0.2) is 24.4 Å². The van der Waals surface area contributed by atoms with E-state index in [1.54, 1.807) is 6.20 Å². The summed E-state index contributed by atoms with van der Waals surface area (Å²) < 4.78 is 12.4.